The molecule has 0 aromatic carbocycles. The summed E-state index contributed by atoms with van der Waals surface area (Å²) >= 11 is 0. The van der Waals surface area contributed by atoms with Crippen molar-refractivity contribution in [2.45, 2.75) is 38.1 Å². The molecule has 0 amide bonds. The minimum atomic E-state index is -0.210. The highest BCUT2D eigenvalue weighted by atomic mass is 16.5. The van der Waals surface area contributed by atoms with Gasteiger partial charge in [-0.3, -0.25) is 0 Å². The van der Waals surface area contributed by atoms with Crippen molar-refractivity contribution in [2.75, 3.05) is 18.5 Å². The number of nitrogens with one attached hydrogen (secondary N) is 1. The number of hydrogen-bond acceptors (Lipinski definition) is 5. The van der Waals surface area contributed by atoms with Gasteiger partial charge in [0.05, 0.1) is 18.8 Å². The second kappa shape index (κ2) is 5.31. The van der Waals surface area contributed by atoms with Gasteiger partial charge in [0.15, 0.2) is 0 Å². The zero-order valence-electron chi connectivity index (χ0n) is 10.1. The van der Waals surface area contributed by atoms with Gasteiger partial charge in [0.25, 0.3) is 0 Å². The maximum Gasteiger partial charge on any atom is 0.218 e. The van der Waals surface area contributed by atoms with Crippen molar-refractivity contribution in [3.63, 3.8) is 0 Å². The van der Waals surface area contributed by atoms with Gasteiger partial charge in [-0.05, 0) is 19.8 Å². The number of nitrogens with zero attached hydrogens (tertiary/aromatic N) is 2. The van der Waals surface area contributed by atoms with E-state index in [9.17, 15) is 5.11 Å². The zero-order chi connectivity index (χ0) is 12.1. The van der Waals surface area contributed by atoms with Crippen LogP contribution in [-0.4, -0.2) is 33.8 Å². The summed E-state index contributed by atoms with van der Waals surface area (Å²) in [7, 11) is 0. The van der Waals surface area contributed by atoms with Gasteiger partial charge in [-0.15, -0.1) is 0 Å². The van der Waals surface area contributed by atoms with Crippen molar-refractivity contribution in [1.82, 2.24) is 9.97 Å². The number of aliphatic hydroxyl groups excluding tert-OH is 1. The molecule has 0 aliphatic heterocycles. The standard InChI is InChI=1S/C12H19N3O2/c1-2-17-11-7-10(13-9-14-11)15-12(8-16)5-3-4-6-12/h7,9,16H,2-6,8H2,1H3,(H,13,14,15). The Labute approximate surface area is 101 Å². The molecule has 1 fully saturated rings. The molecule has 0 radical (unpaired) electrons. The third-order valence-electron chi connectivity index (χ3n) is 3.19. The van der Waals surface area contributed by atoms with Crippen molar-refractivity contribution in [3.8, 4) is 5.88 Å². The van der Waals surface area contributed by atoms with Crippen molar-refractivity contribution >= 4 is 5.82 Å². The van der Waals surface area contributed by atoms with E-state index < -0.39 is 0 Å². The van der Waals surface area contributed by atoms with Crippen molar-refractivity contribution < 1.29 is 9.84 Å². The van der Waals surface area contributed by atoms with Gasteiger partial charge in [0.1, 0.15) is 12.1 Å². The molecular weight excluding hydrogens is 218 g/mol. The predicted octanol–water partition coefficient (Wildman–Crippen LogP) is 1.59. The van der Waals surface area contributed by atoms with E-state index in [-0.39, 0.29) is 12.1 Å². The van der Waals surface area contributed by atoms with E-state index in [0.717, 1.165) is 31.5 Å². The molecule has 1 heterocycles. The first-order valence-electron chi connectivity index (χ1n) is 6.12. The largest absolute Gasteiger partial charge is 0.478 e. The molecule has 2 rings (SSSR count). The Bertz CT molecular complexity index is 365. The molecule has 0 unspecified atom stereocenters. The maximum absolute atomic E-state index is 9.51. The van der Waals surface area contributed by atoms with Crippen LogP contribution in [0.4, 0.5) is 5.82 Å². The number of rotatable bonds is 5. The Morgan fingerprint density at radius 1 is 1.41 bits per heavy atom. The molecule has 0 bridgehead atoms. The van der Waals surface area contributed by atoms with Crippen LogP contribution in [0.2, 0.25) is 0 Å². The second-order valence-corrected chi connectivity index (χ2v) is 4.45. The van der Waals surface area contributed by atoms with E-state index in [0.29, 0.717) is 12.5 Å². The Hall–Kier alpha value is -1.36. The maximum atomic E-state index is 9.51. The lowest BCUT2D eigenvalue weighted by Crippen LogP contribution is -2.39. The smallest absolute Gasteiger partial charge is 0.218 e. The monoisotopic (exact) mass is 237 g/mol. The topological polar surface area (TPSA) is 67.3 Å². The number of aliphatic hydroxyl groups is 1. The molecule has 1 saturated carbocycles. The number of aromatic nitrogens is 2. The summed E-state index contributed by atoms with van der Waals surface area (Å²) in [4.78, 5) is 8.18. The van der Waals surface area contributed by atoms with Crippen LogP contribution in [-0.2, 0) is 0 Å². The lowest BCUT2D eigenvalue weighted by molar-refractivity contribution is 0.213. The Morgan fingerprint density at radius 3 is 2.82 bits per heavy atom. The first-order valence-corrected chi connectivity index (χ1v) is 6.12. The Kier molecular flexibility index (Phi) is 3.78. The summed E-state index contributed by atoms with van der Waals surface area (Å²) in [6.45, 7) is 2.64. The molecule has 5 nitrogen and oxygen atoms in total. The molecule has 1 aliphatic carbocycles. The minimum Gasteiger partial charge on any atom is -0.478 e. The van der Waals surface area contributed by atoms with Crippen LogP contribution in [0.5, 0.6) is 5.88 Å². The highest BCUT2D eigenvalue weighted by molar-refractivity contribution is 5.40. The van der Waals surface area contributed by atoms with Crippen LogP contribution >= 0.6 is 0 Å². The molecule has 0 atom stereocenters. The fourth-order valence-electron chi connectivity index (χ4n) is 2.28. The Balaban J connectivity index is 2.09. The highest BCUT2D eigenvalue weighted by Gasteiger charge is 2.33. The zero-order valence-corrected chi connectivity index (χ0v) is 10.1. The lowest BCUT2D eigenvalue weighted by Gasteiger charge is -2.28. The van der Waals surface area contributed by atoms with Gasteiger partial charge < -0.3 is 15.2 Å². The summed E-state index contributed by atoms with van der Waals surface area (Å²) in [6, 6.07) is 1.78. The fraction of sp³-hybridized carbons (Fsp3) is 0.667. The third-order valence-corrected chi connectivity index (χ3v) is 3.19. The van der Waals surface area contributed by atoms with Gasteiger partial charge in [0.2, 0.25) is 5.88 Å². The van der Waals surface area contributed by atoms with Gasteiger partial charge in [-0.1, -0.05) is 12.8 Å². The van der Waals surface area contributed by atoms with Crippen LogP contribution in [0, 0.1) is 0 Å². The number of anilines is 1. The number of hydrogen-bond donors (Lipinski definition) is 2. The van der Waals surface area contributed by atoms with Gasteiger partial charge >= 0.3 is 0 Å². The van der Waals surface area contributed by atoms with Crippen LogP contribution in [0.15, 0.2) is 12.4 Å². The minimum absolute atomic E-state index is 0.140. The lowest BCUT2D eigenvalue weighted by atomic mass is 9.99. The predicted molar refractivity (Wildman–Crippen MR) is 65.1 cm³/mol. The van der Waals surface area contributed by atoms with E-state index >= 15 is 0 Å². The van der Waals surface area contributed by atoms with E-state index in [2.05, 4.69) is 15.3 Å². The quantitative estimate of drug-likeness (QED) is 0.814. The van der Waals surface area contributed by atoms with E-state index in [1.54, 1.807) is 6.07 Å². The molecule has 2 N–H and O–H groups in total. The molecule has 1 aliphatic rings. The van der Waals surface area contributed by atoms with Crippen LogP contribution < -0.4 is 10.1 Å². The fourth-order valence-corrected chi connectivity index (χ4v) is 2.28. The molecule has 0 spiro atoms. The van der Waals surface area contributed by atoms with Crippen molar-refractivity contribution in [3.05, 3.63) is 12.4 Å². The molecule has 94 valence electrons. The van der Waals surface area contributed by atoms with Crippen molar-refractivity contribution in [1.29, 1.82) is 0 Å². The SMILES string of the molecule is CCOc1cc(NC2(CO)CCCC2)ncn1. The molecule has 17 heavy (non-hydrogen) atoms. The summed E-state index contributed by atoms with van der Waals surface area (Å²) < 4.78 is 5.32. The number of ether oxygens (including phenoxy) is 1. The van der Waals surface area contributed by atoms with Gasteiger partial charge in [-0.25, -0.2) is 9.97 Å². The molecule has 5 heteroatoms. The van der Waals surface area contributed by atoms with E-state index in [4.69, 9.17) is 4.74 Å². The van der Waals surface area contributed by atoms with Gasteiger partial charge in [0, 0.05) is 6.07 Å². The second-order valence-electron chi connectivity index (χ2n) is 4.45. The highest BCUT2D eigenvalue weighted by Crippen LogP contribution is 2.32. The third kappa shape index (κ3) is 2.85. The van der Waals surface area contributed by atoms with Crippen LogP contribution in [0.1, 0.15) is 32.6 Å². The summed E-state index contributed by atoms with van der Waals surface area (Å²) in [5.41, 5.74) is -0.210. The van der Waals surface area contributed by atoms with E-state index in [1.807, 2.05) is 6.92 Å². The average Bonchev–Trinajstić information content (AvgIpc) is 2.79. The van der Waals surface area contributed by atoms with Crippen LogP contribution in [0.3, 0.4) is 0 Å². The summed E-state index contributed by atoms with van der Waals surface area (Å²) in [5.74, 6) is 1.29. The van der Waals surface area contributed by atoms with E-state index in [1.165, 1.54) is 6.33 Å². The summed E-state index contributed by atoms with van der Waals surface area (Å²) in [6.07, 6.45) is 5.75. The average molecular weight is 237 g/mol. The molecule has 1 aromatic heterocycles. The Morgan fingerprint density at radius 2 is 2.18 bits per heavy atom. The summed E-state index contributed by atoms with van der Waals surface area (Å²) in [5, 5.41) is 12.8. The first-order chi connectivity index (χ1) is 8.28. The molecular formula is C12H19N3O2. The van der Waals surface area contributed by atoms with Gasteiger partial charge in [-0.2, -0.15) is 0 Å². The molecule has 1 aromatic rings. The molecule has 0 saturated heterocycles. The van der Waals surface area contributed by atoms with Crippen molar-refractivity contribution in [2.24, 2.45) is 0 Å². The normalized spacial score (nSPS) is 18.0. The van der Waals surface area contributed by atoms with Crippen LogP contribution in [0.25, 0.3) is 0 Å². The first kappa shape index (κ1) is 12.1.